The molecule has 2 heterocycles. The molecule has 0 radical (unpaired) electrons. The van der Waals surface area contributed by atoms with E-state index in [-0.39, 0.29) is 28.8 Å². The fraction of sp³-hybridized carbons (Fsp3) is 0.111. The summed E-state index contributed by atoms with van der Waals surface area (Å²) in [5.41, 5.74) is 9.61. The molecule has 0 spiro atoms. The van der Waals surface area contributed by atoms with Gasteiger partial charge in [0.2, 0.25) is 5.82 Å². The molecule has 130 valence electrons. The first kappa shape index (κ1) is 15.9. The van der Waals surface area contributed by atoms with Gasteiger partial charge in [0.1, 0.15) is 5.82 Å². The van der Waals surface area contributed by atoms with Crippen LogP contribution in [0, 0.1) is 19.7 Å². The van der Waals surface area contributed by atoms with Gasteiger partial charge in [-0.05, 0) is 49.2 Å². The van der Waals surface area contributed by atoms with Crippen LogP contribution in [0.4, 0.5) is 10.2 Å². The topological polar surface area (TPSA) is 95.6 Å². The summed E-state index contributed by atoms with van der Waals surface area (Å²) in [6.07, 6.45) is 0. The molecule has 7 nitrogen and oxygen atoms in total. The molecule has 0 fully saturated rings. The molecule has 2 N–H and O–H groups in total. The van der Waals surface area contributed by atoms with Gasteiger partial charge in [-0.25, -0.2) is 4.39 Å². The lowest BCUT2D eigenvalue weighted by Crippen LogP contribution is -2.03. The number of benzene rings is 2. The summed E-state index contributed by atoms with van der Waals surface area (Å²) in [6.45, 7) is 3.98. The van der Waals surface area contributed by atoms with Crippen LogP contribution in [0.25, 0.3) is 28.7 Å². The summed E-state index contributed by atoms with van der Waals surface area (Å²) < 4.78 is 20.6. The zero-order chi connectivity index (χ0) is 18.3. The normalized spacial score (nSPS) is 11.0. The van der Waals surface area contributed by atoms with Crippen molar-refractivity contribution in [1.82, 2.24) is 25.1 Å². The van der Waals surface area contributed by atoms with E-state index in [1.54, 1.807) is 18.2 Å². The van der Waals surface area contributed by atoms with Gasteiger partial charge < -0.3 is 10.3 Å². The zero-order valence-electron chi connectivity index (χ0n) is 14.1. The number of anilines is 1. The Labute approximate surface area is 148 Å². The van der Waals surface area contributed by atoms with Crippen molar-refractivity contribution < 1.29 is 8.91 Å². The highest BCUT2D eigenvalue weighted by Crippen LogP contribution is 2.27. The number of nitrogens with two attached hydrogens (primary N) is 1. The molecule has 0 atom stereocenters. The van der Waals surface area contributed by atoms with E-state index in [1.807, 2.05) is 26.0 Å². The van der Waals surface area contributed by atoms with Gasteiger partial charge in [-0.15, -0.1) is 5.10 Å². The highest BCUT2D eigenvalue weighted by molar-refractivity contribution is 5.66. The van der Waals surface area contributed by atoms with Gasteiger partial charge in [0.15, 0.2) is 11.5 Å². The molecule has 0 aliphatic carbocycles. The Morgan fingerprint density at radius 3 is 2.54 bits per heavy atom. The zero-order valence-corrected chi connectivity index (χ0v) is 14.1. The molecule has 2 aromatic carbocycles. The van der Waals surface area contributed by atoms with Crippen molar-refractivity contribution in [2.45, 2.75) is 13.8 Å². The van der Waals surface area contributed by atoms with Crippen molar-refractivity contribution in [2.75, 3.05) is 5.73 Å². The molecule has 4 aromatic rings. The van der Waals surface area contributed by atoms with E-state index in [9.17, 15) is 4.39 Å². The monoisotopic (exact) mass is 350 g/mol. The third-order valence-electron chi connectivity index (χ3n) is 3.90. The van der Waals surface area contributed by atoms with Crippen LogP contribution in [0.3, 0.4) is 0 Å². The van der Waals surface area contributed by atoms with E-state index in [4.69, 9.17) is 10.3 Å². The summed E-state index contributed by atoms with van der Waals surface area (Å²) in [5.74, 6) is 0.0280. The second-order valence-corrected chi connectivity index (χ2v) is 5.98. The lowest BCUT2D eigenvalue weighted by Gasteiger charge is -2.05. The number of rotatable bonds is 3. The van der Waals surface area contributed by atoms with Crippen LogP contribution in [0.15, 0.2) is 47.0 Å². The van der Waals surface area contributed by atoms with Gasteiger partial charge in [0, 0.05) is 0 Å². The summed E-state index contributed by atoms with van der Waals surface area (Å²) in [6, 6.07) is 12.1. The van der Waals surface area contributed by atoms with Crippen molar-refractivity contribution >= 4 is 5.82 Å². The van der Waals surface area contributed by atoms with Gasteiger partial charge in [-0.2, -0.15) is 9.67 Å². The molecular formula is C18H15FN6O. The fourth-order valence-electron chi connectivity index (χ4n) is 2.78. The first-order valence-electron chi connectivity index (χ1n) is 7.92. The van der Waals surface area contributed by atoms with Crippen LogP contribution in [0.5, 0.6) is 0 Å². The molecule has 26 heavy (non-hydrogen) atoms. The third-order valence-corrected chi connectivity index (χ3v) is 3.90. The van der Waals surface area contributed by atoms with Crippen LogP contribution < -0.4 is 5.73 Å². The van der Waals surface area contributed by atoms with Crippen LogP contribution in [-0.4, -0.2) is 25.1 Å². The highest BCUT2D eigenvalue weighted by atomic mass is 19.1. The Balaban J connectivity index is 1.74. The molecule has 0 saturated heterocycles. The predicted octanol–water partition coefficient (Wildman–Crippen LogP) is 3.32. The average Bonchev–Trinajstić information content (AvgIpc) is 3.21. The molecule has 2 aromatic heterocycles. The quantitative estimate of drug-likeness (QED) is 0.609. The SMILES string of the molecule is Cc1cc(C)cc(-n2nnc(-c3nc(-c4ccccc4F)no3)c2N)c1. The number of halogens is 1. The Morgan fingerprint density at radius 2 is 1.81 bits per heavy atom. The smallest absolute Gasteiger partial charge is 0.282 e. The van der Waals surface area contributed by atoms with Crippen molar-refractivity contribution in [3.05, 3.63) is 59.4 Å². The predicted molar refractivity (Wildman–Crippen MR) is 93.9 cm³/mol. The first-order chi connectivity index (χ1) is 12.5. The van der Waals surface area contributed by atoms with Gasteiger partial charge in [0.25, 0.3) is 5.89 Å². The number of aromatic nitrogens is 5. The van der Waals surface area contributed by atoms with Gasteiger partial charge in [0.05, 0.1) is 11.3 Å². The Kier molecular flexibility index (Phi) is 3.72. The minimum absolute atomic E-state index is 0.0800. The highest BCUT2D eigenvalue weighted by Gasteiger charge is 2.21. The van der Waals surface area contributed by atoms with E-state index in [1.165, 1.54) is 10.7 Å². The van der Waals surface area contributed by atoms with Crippen molar-refractivity contribution in [3.63, 3.8) is 0 Å². The molecule has 0 amide bonds. The maximum Gasteiger partial charge on any atom is 0.282 e. The standard InChI is InChI=1S/C18H15FN6O/c1-10-7-11(2)9-12(8-10)25-16(20)15(22-24-25)18-21-17(23-26-18)13-5-3-4-6-14(13)19/h3-9H,20H2,1-2H3. The molecular weight excluding hydrogens is 335 g/mol. The number of hydrogen-bond acceptors (Lipinski definition) is 6. The summed E-state index contributed by atoms with van der Waals surface area (Å²) in [7, 11) is 0. The van der Waals surface area contributed by atoms with E-state index in [0.29, 0.717) is 0 Å². The maximum absolute atomic E-state index is 13.9. The largest absolute Gasteiger partial charge is 0.382 e. The molecule has 4 rings (SSSR count). The molecule has 0 aliphatic rings. The summed E-state index contributed by atoms with van der Waals surface area (Å²) in [5, 5.41) is 11.9. The lowest BCUT2D eigenvalue weighted by molar-refractivity contribution is 0.430. The number of nitrogens with zero attached hydrogens (tertiary/aromatic N) is 5. The summed E-state index contributed by atoms with van der Waals surface area (Å²) >= 11 is 0. The maximum atomic E-state index is 13.9. The minimum Gasteiger partial charge on any atom is -0.382 e. The second-order valence-electron chi connectivity index (χ2n) is 5.98. The lowest BCUT2D eigenvalue weighted by atomic mass is 10.1. The van der Waals surface area contributed by atoms with Crippen LogP contribution >= 0.6 is 0 Å². The van der Waals surface area contributed by atoms with E-state index in [0.717, 1.165) is 16.8 Å². The molecule has 0 saturated carbocycles. The number of hydrogen-bond donors (Lipinski definition) is 1. The van der Waals surface area contributed by atoms with Crippen molar-refractivity contribution in [2.24, 2.45) is 0 Å². The molecule has 0 bridgehead atoms. The van der Waals surface area contributed by atoms with Crippen molar-refractivity contribution in [1.29, 1.82) is 0 Å². The molecule has 0 unspecified atom stereocenters. The van der Waals surface area contributed by atoms with Crippen LogP contribution in [-0.2, 0) is 0 Å². The van der Waals surface area contributed by atoms with E-state index >= 15 is 0 Å². The number of aryl methyl sites for hydroxylation is 2. The Hall–Kier alpha value is -3.55. The van der Waals surface area contributed by atoms with Crippen molar-refractivity contribution in [3.8, 4) is 28.7 Å². The van der Waals surface area contributed by atoms with Gasteiger partial charge >= 0.3 is 0 Å². The van der Waals surface area contributed by atoms with Gasteiger partial charge in [-0.3, -0.25) is 0 Å². The molecule has 8 heteroatoms. The summed E-state index contributed by atoms with van der Waals surface area (Å²) in [4.78, 5) is 4.20. The minimum atomic E-state index is -0.438. The Morgan fingerprint density at radius 1 is 1.08 bits per heavy atom. The fourth-order valence-corrected chi connectivity index (χ4v) is 2.78. The number of nitrogen functional groups attached to an aromatic ring is 1. The van der Waals surface area contributed by atoms with Crippen LogP contribution in [0.1, 0.15) is 11.1 Å². The van der Waals surface area contributed by atoms with Crippen LogP contribution in [0.2, 0.25) is 0 Å². The third kappa shape index (κ3) is 2.71. The molecule has 0 aliphatic heterocycles. The van der Waals surface area contributed by atoms with Gasteiger partial charge in [-0.1, -0.05) is 28.6 Å². The second kappa shape index (κ2) is 6.07. The van der Waals surface area contributed by atoms with E-state index < -0.39 is 5.82 Å². The van der Waals surface area contributed by atoms with E-state index in [2.05, 4.69) is 26.5 Å². The average molecular weight is 350 g/mol. The Bertz CT molecular complexity index is 1080. The first-order valence-corrected chi connectivity index (χ1v) is 7.92.